The molecule has 14 heavy (non-hydrogen) atoms. The van der Waals surface area contributed by atoms with Crippen LogP contribution in [-0.2, 0) is 4.79 Å². The monoisotopic (exact) mass is 223 g/mol. The summed E-state index contributed by atoms with van der Waals surface area (Å²) in [5.41, 5.74) is -0.994. The smallest absolute Gasteiger partial charge is 0.309 e. The van der Waals surface area contributed by atoms with Gasteiger partial charge >= 0.3 is 5.97 Å². The number of halogens is 1. The Bertz CT molecular complexity index is 192. The Labute approximate surface area is 90.1 Å². The van der Waals surface area contributed by atoms with Crippen LogP contribution < -0.4 is 5.32 Å². The van der Waals surface area contributed by atoms with E-state index in [9.17, 15) is 9.90 Å². The average Bonchev–Trinajstić information content (AvgIpc) is 2.05. The van der Waals surface area contributed by atoms with E-state index in [1.807, 2.05) is 0 Å². The minimum absolute atomic E-state index is 0. The lowest BCUT2D eigenvalue weighted by molar-refractivity contribution is -0.154. The molecule has 0 radical (unpaired) electrons. The van der Waals surface area contributed by atoms with E-state index in [4.69, 9.17) is 5.11 Å². The maximum absolute atomic E-state index is 10.9. The van der Waals surface area contributed by atoms with Crippen LogP contribution in [0.15, 0.2) is 0 Å². The molecule has 1 rings (SSSR count). The van der Waals surface area contributed by atoms with Crippen molar-refractivity contribution >= 4 is 18.4 Å². The number of nitrogens with one attached hydrogen (secondary N) is 1. The highest BCUT2D eigenvalue weighted by Gasteiger charge is 2.40. The topological polar surface area (TPSA) is 69.6 Å². The van der Waals surface area contributed by atoms with Crippen LogP contribution in [0.1, 0.15) is 26.2 Å². The summed E-state index contributed by atoms with van der Waals surface area (Å²) in [6, 6.07) is 0. The van der Waals surface area contributed by atoms with Crippen molar-refractivity contribution in [3.63, 3.8) is 0 Å². The molecule has 1 unspecified atom stereocenters. The first kappa shape index (κ1) is 13.7. The van der Waals surface area contributed by atoms with Crippen LogP contribution in [0.2, 0.25) is 0 Å². The summed E-state index contributed by atoms with van der Waals surface area (Å²) in [5, 5.41) is 22.1. The number of aliphatic hydroxyl groups is 1. The van der Waals surface area contributed by atoms with E-state index < -0.39 is 17.5 Å². The summed E-state index contributed by atoms with van der Waals surface area (Å²) < 4.78 is 0. The fourth-order valence-corrected chi connectivity index (χ4v) is 1.99. The van der Waals surface area contributed by atoms with Gasteiger partial charge in [0.2, 0.25) is 0 Å². The molecule has 1 saturated heterocycles. The molecule has 0 amide bonds. The van der Waals surface area contributed by atoms with Crippen LogP contribution in [0.4, 0.5) is 0 Å². The molecule has 1 fully saturated rings. The molecule has 0 bridgehead atoms. The number of rotatable bonds is 3. The van der Waals surface area contributed by atoms with Gasteiger partial charge in [0, 0.05) is 0 Å². The lowest BCUT2D eigenvalue weighted by Crippen LogP contribution is -2.49. The Kier molecular flexibility index (Phi) is 5.41. The van der Waals surface area contributed by atoms with E-state index in [1.165, 1.54) is 0 Å². The molecule has 0 aliphatic carbocycles. The van der Waals surface area contributed by atoms with Crippen molar-refractivity contribution in [3.05, 3.63) is 0 Å². The molecule has 0 saturated carbocycles. The predicted molar refractivity (Wildman–Crippen MR) is 55.7 cm³/mol. The van der Waals surface area contributed by atoms with Crippen molar-refractivity contribution in [1.82, 2.24) is 5.32 Å². The molecular formula is C9H18ClNO3. The van der Waals surface area contributed by atoms with E-state index >= 15 is 0 Å². The van der Waals surface area contributed by atoms with Crippen molar-refractivity contribution < 1.29 is 15.0 Å². The third-order valence-electron chi connectivity index (χ3n) is 2.82. The van der Waals surface area contributed by atoms with Gasteiger partial charge in [-0.2, -0.15) is 0 Å². The number of hydrogen-bond acceptors (Lipinski definition) is 3. The van der Waals surface area contributed by atoms with E-state index in [2.05, 4.69) is 5.32 Å². The molecule has 1 heterocycles. The maximum Gasteiger partial charge on any atom is 0.309 e. The molecule has 3 N–H and O–H groups in total. The number of aliphatic carboxylic acids is 1. The van der Waals surface area contributed by atoms with Crippen LogP contribution in [0.3, 0.4) is 0 Å². The van der Waals surface area contributed by atoms with Crippen LogP contribution in [0.5, 0.6) is 0 Å². The van der Waals surface area contributed by atoms with Gasteiger partial charge in [0.25, 0.3) is 0 Å². The number of carboxylic acid groups (broad SMARTS) is 1. The Balaban J connectivity index is 0.00000169. The number of carboxylic acids is 1. The van der Waals surface area contributed by atoms with Crippen molar-refractivity contribution in [2.24, 2.45) is 5.92 Å². The first-order valence-electron chi connectivity index (χ1n) is 4.76. The molecule has 0 aromatic heterocycles. The molecule has 1 atom stereocenters. The second-order valence-electron chi connectivity index (χ2n) is 3.65. The first-order chi connectivity index (χ1) is 6.10. The summed E-state index contributed by atoms with van der Waals surface area (Å²) in [6.07, 6.45) is 1.57. The third kappa shape index (κ3) is 2.83. The second-order valence-corrected chi connectivity index (χ2v) is 3.65. The fraction of sp³-hybridized carbons (Fsp3) is 0.889. The zero-order valence-corrected chi connectivity index (χ0v) is 9.14. The Morgan fingerprint density at radius 2 is 2.00 bits per heavy atom. The molecule has 1 aliphatic heterocycles. The van der Waals surface area contributed by atoms with Gasteiger partial charge in [0.05, 0.1) is 11.5 Å². The fourth-order valence-electron chi connectivity index (χ4n) is 1.99. The highest BCUT2D eigenvalue weighted by atomic mass is 35.5. The lowest BCUT2D eigenvalue weighted by Gasteiger charge is -2.36. The molecular weight excluding hydrogens is 206 g/mol. The van der Waals surface area contributed by atoms with Gasteiger partial charge in [-0.05, 0) is 32.4 Å². The predicted octanol–water partition coefficient (Wildman–Crippen LogP) is 0.633. The van der Waals surface area contributed by atoms with E-state index in [0.29, 0.717) is 32.4 Å². The number of carbonyl (C=O) groups is 1. The summed E-state index contributed by atoms with van der Waals surface area (Å²) in [6.45, 7) is 3.22. The molecule has 84 valence electrons. The first-order valence-corrected chi connectivity index (χ1v) is 4.76. The van der Waals surface area contributed by atoms with Crippen molar-refractivity contribution in [2.75, 3.05) is 13.1 Å². The minimum atomic E-state index is -0.994. The molecule has 0 aromatic carbocycles. The highest BCUT2D eigenvalue weighted by Crippen LogP contribution is 2.29. The molecule has 5 heteroatoms. The van der Waals surface area contributed by atoms with E-state index in [-0.39, 0.29) is 12.4 Å². The Morgan fingerprint density at radius 1 is 1.50 bits per heavy atom. The van der Waals surface area contributed by atoms with Crippen LogP contribution in [-0.4, -0.2) is 34.9 Å². The molecule has 4 nitrogen and oxygen atoms in total. The molecule has 0 spiro atoms. The second kappa shape index (κ2) is 5.53. The largest absolute Gasteiger partial charge is 0.481 e. The quantitative estimate of drug-likeness (QED) is 0.657. The SMILES string of the molecule is CCC(C(=O)O)C1(O)CCNCC1.Cl. The van der Waals surface area contributed by atoms with Gasteiger partial charge in [-0.15, -0.1) is 12.4 Å². The summed E-state index contributed by atoms with van der Waals surface area (Å²) in [4.78, 5) is 10.9. The van der Waals surface area contributed by atoms with Gasteiger partial charge in [0.15, 0.2) is 0 Å². The summed E-state index contributed by atoms with van der Waals surface area (Å²) in [5.74, 6) is -1.50. The van der Waals surface area contributed by atoms with Crippen molar-refractivity contribution in [1.29, 1.82) is 0 Å². The maximum atomic E-state index is 10.9. The van der Waals surface area contributed by atoms with E-state index in [0.717, 1.165) is 0 Å². The standard InChI is InChI=1S/C9H17NO3.ClH/c1-2-7(8(11)12)9(13)3-5-10-6-4-9;/h7,10,13H,2-6H2,1H3,(H,11,12);1H. The zero-order chi connectivity index (χ0) is 9.90. The molecule has 0 aromatic rings. The zero-order valence-electron chi connectivity index (χ0n) is 8.32. The van der Waals surface area contributed by atoms with Gasteiger partial charge in [-0.25, -0.2) is 0 Å². The van der Waals surface area contributed by atoms with Crippen LogP contribution in [0, 0.1) is 5.92 Å². The minimum Gasteiger partial charge on any atom is -0.481 e. The summed E-state index contributed by atoms with van der Waals surface area (Å²) in [7, 11) is 0. The van der Waals surface area contributed by atoms with Gasteiger partial charge in [0.1, 0.15) is 0 Å². The number of hydrogen-bond donors (Lipinski definition) is 3. The van der Waals surface area contributed by atoms with Gasteiger partial charge in [-0.1, -0.05) is 6.92 Å². The summed E-state index contributed by atoms with van der Waals surface area (Å²) >= 11 is 0. The normalized spacial score (nSPS) is 22.1. The highest BCUT2D eigenvalue weighted by molar-refractivity contribution is 5.85. The lowest BCUT2D eigenvalue weighted by atomic mass is 9.78. The Hall–Kier alpha value is -0.320. The van der Waals surface area contributed by atoms with Crippen molar-refractivity contribution in [2.45, 2.75) is 31.8 Å². The van der Waals surface area contributed by atoms with Crippen molar-refractivity contribution in [3.8, 4) is 0 Å². The van der Waals surface area contributed by atoms with Crippen LogP contribution in [0.25, 0.3) is 0 Å². The Morgan fingerprint density at radius 3 is 2.36 bits per heavy atom. The molecule has 1 aliphatic rings. The van der Waals surface area contributed by atoms with Gasteiger partial charge in [-0.3, -0.25) is 4.79 Å². The average molecular weight is 224 g/mol. The van der Waals surface area contributed by atoms with Gasteiger partial charge < -0.3 is 15.5 Å². The van der Waals surface area contributed by atoms with E-state index in [1.54, 1.807) is 6.92 Å². The number of piperidine rings is 1. The van der Waals surface area contributed by atoms with Crippen LogP contribution >= 0.6 is 12.4 Å². The third-order valence-corrected chi connectivity index (χ3v) is 2.82.